The first-order valence-corrected chi connectivity index (χ1v) is 5.68. The average Bonchev–Trinajstić information content (AvgIpc) is 2.35. The van der Waals surface area contributed by atoms with Crippen molar-refractivity contribution in [2.24, 2.45) is 0 Å². The van der Waals surface area contributed by atoms with Crippen molar-refractivity contribution in [3.63, 3.8) is 0 Å². The van der Waals surface area contributed by atoms with E-state index >= 15 is 0 Å². The second-order valence-corrected chi connectivity index (χ2v) is 4.15. The van der Waals surface area contributed by atoms with Crippen molar-refractivity contribution in [2.75, 3.05) is 7.05 Å². The zero-order chi connectivity index (χ0) is 13.7. The summed E-state index contributed by atoms with van der Waals surface area (Å²) >= 11 is 0. The van der Waals surface area contributed by atoms with Crippen molar-refractivity contribution in [2.45, 2.75) is 25.8 Å². The van der Waals surface area contributed by atoms with Gasteiger partial charge in [-0.1, -0.05) is 18.2 Å². The van der Waals surface area contributed by atoms with Crippen LogP contribution in [0.5, 0.6) is 5.75 Å². The lowest BCUT2D eigenvalue weighted by molar-refractivity contribution is -0.148. The Morgan fingerprint density at radius 1 is 1.33 bits per heavy atom. The van der Waals surface area contributed by atoms with E-state index in [1.165, 1.54) is 18.9 Å². The zero-order valence-corrected chi connectivity index (χ0v) is 10.5. The average molecular weight is 251 g/mol. The molecule has 2 N–H and O–H groups in total. The molecule has 98 valence electrons. The Hall–Kier alpha value is -2.04. The first kappa shape index (κ1) is 14.0. The highest BCUT2D eigenvalue weighted by atomic mass is 16.4. The largest absolute Gasteiger partial charge is 0.508 e. The van der Waals surface area contributed by atoms with E-state index in [0.29, 0.717) is 12.0 Å². The number of carboxylic acid groups (broad SMARTS) is 1. The lowest BCUT2D eigenvalue weighted by Gasteiger charge is -2.21. The number of nitrogens with zero attached hydrogens (tertiary/aromatic N) is 1. The van der Waals surface area contributed by atoms with E-state index < -0.39 is 12.0 Å². The molecule has 0 bridgehead atoms. The number of para-hydroxylation sites is 1. The normalized spacial score (nSPS) is 11.9. The number of amides is 1. The molecule has 5 nitrogen and oxygen atoms in total. The van der Waals surface area contributed by atoms with Crippen LogP contribution in [-0.2, 0) is 16.0 Å². The van der Waals surface area contributed by atoms with Crippen LogP contribution in [0.3, 0.4) is 0 Å². The molecular formula is C13H17NO4. The lowest BCUT2D eigenvalue weighted by atomic mass is 10.1. The summed E-state index contributed by atoms with van der Waals surface area (Å²) in [6.07, 6.45) is 0.563. The maximum Gasteiger partial charge on any atom is 0.326 e. The number of hydrogen-bond donors (Lipinski definition) is 2. The van der Waals surface area contributed by atoms with Crippen LogP contribution in [0.2, 0.25) is 0 Å². The van der Waals surface area contributed by atoms with E-state index in [0.717, 1.165) is 0 Å². The van der Waals surface area contributed by atoms with Gasteiger partial charge in [-0.2, -0.15) is 0 Å². The van der Waals surface area contributed by atoms with Crippen LogP contribution in [0.25, 0.3) is 0 Å². The highest BCUT2D eigenvalue weighted by molar-refractivity contribution is 5.83. The van der Waals surface area contributed by atoms with Gasteiger partial charge in [-0.05, 0) is 25.0 Å². The van der Waals surface area contributed by atoms with Crippen LogP contribution in [0.1, 0.15) is 18.9 Å². The second-order valence-electron chi connectivity index (χ2n) is 4.15. The standard InChI is InChI=1S/C13H17NO4/c1-9(13(17)18)14(2)12(16)8-7-10-5-3-4-6-11(10)15/h3-6,9,15H,7-8H2,1-2H3,(H,17,18). The minimum absolute atomic E-state index is 0.152. The van der Waals surface area contributed by atoms with Crippen molar-refractivity contribution in [3.05, 3.63) is 29.8 Å². The van der Waals surface area contributed by atoms with Crippen molar-refractivity contribution in [1.82, 2.24) is 4.90 Å². The van der Waals surface area contributed by atoms with E-state index in [4.69, 9.17) is 5.11 Å². The van der Waals surface area contributed by atoms with Crippen LogP contribution < -0.4 is 0 Å². The van der Waals surface area contributed by atoms with E-state index in [1.807, 2.05) is 0 Å². The molecule has 0 aliphatic rings. The molecule has 1 atom stereocenters. The topological polar surface area (TPSA) is 77.8 Å². The number of phenols is 1. The number of likely N-dealkylation sites (N-methyl/N-ethyl adjacent to an activating group) is 1. The Morgan fingerprint density at radius 2 is 1.94 bits per heavy atom. The quantitative estimate of drug-likeness (QED) is 0.825. The number of hydrogen-bond acceptors (Lipinski definition) is 3. The summed E-state index contributed by atoms with van der Waals surface area (Å²) in [6.45, 7) is 1.46. The van der Waals surface area contributed by atoms with Gasteiger partial charge in [0.25, 0.3) is 0 Å². The lowest BCUT2D eigenvalue weighted by Crippen LogP contribution is -2.40. The Bertz CT molecular complexity index is 444. The molecule has 0 aromatic heterocycles. The Morgan fingerprint density at radius 3 is 2.50 bits per heavy atom. The molecule has 5 heteroatoms. The second kappa shape index (κ2) is 6.05. The number of phenolic OH excluding ortho intramolecular Hbond substituents is 1. The molecule has 0 saturated carbocycles. The predicted octanol–water partition coefficient (Wildman–Crippen LogP) is 1.26. The SMILES string of the molecule is CC(C(=O)O)N(C)C(=O)CCc1ccccc1O. The van der Waals surface area contributed by atoms with Crippen LogP contribution in [-0.4, -0.2) is 40.1 Å². The number of aromatic hydroxyl groups is 1. The molecule has 0 aliphatic carbocycles. The molecule has 0 radical (unpaired) electrons. The van der Waals surface area contributed by atoms with E-state index in [2.05, 4.69) is 0 Å². The molecule has 1 unspecified atom stereocenters. The number of carbonyl (C=O) groups excluding carboxylic acids is 1. The molecule has 0 saturated heterocycles. The maximum atomic E-state index is 11.8. The van der Waals surface area contributed by atoms with Crippen LogP contribution in [0, 0.1) is 0 Å². The summed E-state index contributed by atoms with van der Waals surface area (Å²) in [5.41, 5.74) is 0.683. The molecule has 1 amide bonds. The van der Waals surface area contributed by atoms with Crippen molar-refractivity contribution in [1.29, 1.82) is 0 Å². The predicted molar refractivity (Wildman–Crippen MR) is 66.3 cm³/mol. The van der Waals surface area contributed by atoms with Gasteiger partial charge in [0, 0.05) is 13.5 Å². The summed E-state index contributed by atoms with van der Waals surface area (Å²) in [7, 11) is 1.46. The first-order valence-electron chi connectivity index (χ1n) is 5.68. The molecule has 0 fully saturated rings. The molecule has 18 heavy (non-hydrogen) atoms. The van der Waals surface area contributed by atoms with E-state index in [-0.39, 0.29) is 18.1 Å². The Kier molecular flexibility index (Phi) is 4.71. The minimum atomic E-state index is -1.03. The number of benzene rings is 1. The molecule has 1 aromatic carbocycles. The number of aryl methyl sites for hydroxylation is 1. The fourth-order valence-electron chi connectivity index (χ4n) is 1.52. The molecule has 1 rings (SSSR count). The van der Waals surface area contributed by atoms with E-state index in [9.17, 15) is 14.7 Å². The van der Waals surface area contributed by atoms with E-state index in [1.54, 1.807) is 24.3 Å². The third kappa shape index (κ3) is 3.48. The smallest absolute Gasteiger partial charge is 0.326 e. The summed E-state index contributed by atoms with van der Waals surface area (Å²) in [4.78, 5) is 23.7. The first-order chi connectivity index (χ1) is 8.43. The Labute approximate surface area is 106 Å². The highest BCUT2D eigenvalue weighted by Gasteiger charge is 2.21. The van der Waals surface area contributed by atoms with Crippen LogP contribution >= 0.6 is 0 Å². The number of carbonyl (C=O) groups is 2. The fourth-order valence-corrected chi connectivity index (χ4v) is 1.52. The van der Waals surface area contributed by atoms with Crippen molar-refractivity contribution >= 4 is 11.9 Å². The number of aliphatic carboxylic acids is 1. The third-order valence-electron chi connectivity index (χ3n) is 2.93. The molecular weight excluding hydrogens is 234 g/mol. The van der Waals surface area contributed by atoms with Gasteiger partial charge < -0.3 is 15.1 Å². The van der Waals surface area contributed by atoms with Crippen LogP contribution in [0.4, 0.5) is 0 Å². The van der Waals surface area contributed by atoms with Gasteiger partial charge >= 0.3 is 5.97 Å². The van der Waals surface area contributed by atoms with Crippen molar-refractivity contribution < 1.29 is 19.8 Å². The summed E-state index contributed by atoms with van der Waals surface area (Å²) in [6, 6.07) is 5.94. The van der Waals surface area contributed by atoms with Crippen LogP contribution in [0.15, 0.2) is 24.3 Å². The number of carboxylic acids is 1. The van der Waals surface area contributed by atoms with Gasteiger partial charge in [-0.15, -0.1) is 0 Å². The van der Waals surface area contributed by atoms with Gasteiger partial charge in [-0.25, -0.2) is 4.79 Å². The summed E-state index contributed by atoms with van der Waals surface area (Å²) < 4.78 is 0. The highest BCUT2D eigenvalue weighted by Crippen LogP contribution is 2.17. The van der Waals surface area contributed by atoms with Gasteiger partial charge in [0.2, 0.25) is 5.91 Å². The van der Waals surface area contributed by atoms with Gasteiger partial charge in [0.15, 0.2) is 0 Å². The fraction of sp³-hybridized carbons (Fsp3) is 0.385. The molecule has 0 spiro atoms. The molecule has 0 heterocycles. The third-order valence-corrected chi connectivity index (χ3v) is 2.93. The Balaban J connectivity index is 2.56. The van der Waals surface area contributed by atoms with Gasteiger partial charge in [0.1, 0.15) is 11.8 Å². The summed E-state index contributed by atoms with van der Waals surface area (Å²) in [5, 5.41) is 18.3. The van der Waals surface area contributed by atoms with Crippen molar-refractivity contribution in [3.8, 4) is 5.75 Å². The minimum Gasteiger partial charge on any atom is -0.508 e. The number of rotatable bonds is 5. The van der Waals surface area contributed by atoms with Gasteiger partial charge in [0.05, 0.1) is 0 Å². The van der Waals surface area contributed by atoms with Gasteiger partial charge in [-0.3, -0.25) is 4.79 Å². The molecule has 0 aliphatic heterocycles. The molecule has 1 aromatic rings. The summed E-state index contributed by atoms with van der Waals surface area (Å²) in [5.74, 6) is -1.14. The monoisotopic (exact) mass is 251 g/mol. The maximum absolute atomic E-state index is 11.8. The zero-order valence-electron chi connectivity index (χ0n) is 10.5.